The first-order chi connectivity index (χ1) is 15.8. The van der Waals surface area contributed by atoms with Gasteiger partial charge >= 0.3 is 5.63 Å². The molecule has 0 spiro atoms. The van der Waals surface area contributed by atoms with Crippen LogP contribution >= 0.6 is 11.3 Å². The molecule has 0 atom stereocenters. The number of aromatic nitrogens is 1. The minimum Gasteiger partial charge on any atom is -0.423 e. The molecule has 1 aromatic carbocycles. The van der Waals surface area contributed by atoms with Gasteiger partial charge in [0.2, 0.25) is 5.91 Å². The van der Waals surface area contributed by atoms with Crippen LogP contribution in [0.25, 0.3) is 11.0 Å². The summed E-state index contributed by atoms with van der Waals surface area (Å²) in [6.45, 7) is 8.26. The summed E-state index contributed by atoms with van der Waals surface area (Å²) in [6.07, 6.45) is 0.240. The van der Waals surface area contributed by atoms with Crippen LogP contribution in [0.4, 0.5) is 5.13 Å². The summed E-state index contributed by atoms with van der Waals surface area (Å²) < 4.78 is 10.8. The van der Waals surface area contributed by atoms with Crippen LogP contribution in [-0.2, 0) is 16.0 Å². The normalized spacial score (nSPS) is 13.8. The zero-order chi connectivity index (χ0) is 23.5. The lowest BCUT2D eigenvalue weighted by Crippen LogP contribution is -2.41. The first kappa shape index (κ1) is 22.9. The Morgan fingerprint density at radius 3 is 2.67 bits per heavy atom. The van der Waals surface area contributed by atoms with E-state index in [0.717, 1.165) is 34.7 Å². The predicted octanol–water partition coefficient (Wildman–Crippen LogP) is 2.41. The van der Waals surface area contributed by atoms with E-state index in [1.165, 1.54) is 11.3 Å². The zero-order valence-corrected chi connectivity index (χ0v) is 19.6. The summed E-state index contributed by atoms with van der Waals surface area (Å²) in [4.78, 5) is 44.3. The molecule has 9 nitrogen and oxygen atoms in total. The second-order valence-electron chi connectivity index (χ2n) is 8.01. The van der Waals surface area contributed by atoms with Gasteiger partial charge in [-0.1, -0.05) is 23.5 Å². The molecule has 0 unspecified atom stereocenters. The van der Waals surface area contributed by atoms with E-state index in [1.807, 2.05) is 32.0 Å². The van der Waals surface area contributed by atoms with Crippen molar-refractivity contribution in [3.63, 3.8) is 0 Å². The summed E-state index contributed by atoms with van der Waals surface area (Å²) in [6, 6.07) is 5.68. The highest BCUT2D eigenvalue weighted by Crippen LogP contribution is 2.26. The second-order valence-corrected chi connectivity index (χ2v) is 8.98. The van der Waals surface area contributed by atoms with E-state index < -0.39 is 17.4 Å². The number of aryl methyl sites for hydroxylation is 3. The van der Waals surface area contributed by atoms with Crippen molar-refractivity contribution in [3.8, 4) is 0 Å². The molecular formula is C23H26N4O5S. The Bertz CT molecular complexity index is 1260. The second kappa shape index (κ2) is 9.72. The van der Waals surface area contributed by atoms with Crippen molar-refractivity contribution in [3.05, 3.63) is 55.9 Å². The predicted molar refractivity (Wildman–Crippen MR) is 126 cm³/mol. The van der Waals surface area contributed by atoms with Gasteiger partial charge in [0, 0.05) is 30.5 Å². The molecule has 1 saturated heterocycles. The average Bonchev–Trinajstić information content (AvgIpc) is 3.19. The molecule has 0 saturated carbocycles. The topological polar surface area (TPSA) is 114 Å². The highest BCUT2D eigenvalue weighted by molar-refractivity contribution is 7.17. The Hall–Kier alpha value is -3.24. The molecule has 0 bridgehead atoms. The van der Waals surface area contributed by atoms with Crippen LogP contribution < -0.4 is 21.4 Å². The molecule has 4 rings (SSSR count). The highest BCUT2D eigenvalue weighted by Gasteiger charge is 2.21. The summed E-state index contributed by atoms with van der Waals surface area (Å²) in [7, 11) is 0. The Labute approximate surface area is 194 Å². The lowest BCUT2D eigenvalue weighted by Gasteiger charge is -2.25. The van der Waals surface area contributed by atoms with Gasteiger partial charge in [0.25, 0.3) is 5.91 Å². The Kier molecular flexibility index (Phi) is 6.75. The number of rotatable bonds is 5. The first-order valence-electron chi connectivity index (χ1n) is 10.8. The third kappa shape index (κ3) is 5.07. The molecule has 2 amide bonds. The molecule has 2 N–H and O–H groups in total. The molecule has 1 fully saturated rings. The maximum atomic E-state index is 12.6. The van der Waals surface area contributed by atoms with Gasteiger partial charge in [-0.2, -0.15) is 0 Å². The van der Waals surface area contributed by atoms with Gasteiger partial charge in [0.15, 0.2) is 5.13 Å². The third-order valence-electron chi connectivity index (χ3n) is 5.63. The number of carbonyl (C=O) groups is 2. The average molecular weight is 471 g/mol. The third-order valence-corrected chi connectivity index (χ3v) is 6.85. The number of fused-ring (bicyclic) bond motifs is 1. The fourth-order valence-corrected chi connectivity index (χ4v) is 4.77. The van der Waals surface area contributed by atoms with Crippen molar-refractivity contribution in [1.29, 1.82) is 0 Å². The fraction of sp³-hybridized carbons (Fsp3) is 0.391. The van der Waals surface area contributed by atoms with Crippen molar-refractivity contribution in [2.75, 3.05) is 31.2 Å². The Balaban J connectivity index is 1.35. The number of hydrogen-bond donors (Lipinski definition) is 2. The number of thiazole rings is 1. The van der Waals surface area contributed by atoms with Crippen LogP contribution in [0.1, 0.15) is 38.5 Å². The first-order valence-corrected chi connectivity index (χ1v) is 11.6. The number of hydrazine groups is 1. The molecule has 3 aromatic rings. The summed E-state index contributed by atoms with van der Waals surface area (Å²) in [5.74, 6) is -0.823. The number of amides is 2. The smallest absolute Gasteiger partial charge is 0.339 e. The standard InChI is InChI=1S/C23H26N4O5S/c1-13-4-5-16-14(2)17(22(30)32-18(16)12-13)6-7-19(28)25-26-21(29)20-15(3)24-23(33-20)27-8-10-31-11-9-27/h4-5,12H,6-11H2,1-3H3,(H,25,28)(H,26,29). The maximum absolute atomic E-state index is 12.6. The van der Waals surface area contributed by atoms with Crippen LogP contribution in [0.3, 0.4) is 0 Å². The van der Waals surface area contributed by atoms with E-state index in [1.54, 1.807) is 6.92 Å². The molecule has 0 aliphatic carbocycles. The molecule has 1 aliphatic heterocycles. The highest BCUT2D eigenvalue weighted by atomic mass is 32.1. The minimum absolute atomic E-state index is 0.0317. The Morgan fingerprint density at radius 2 is 1.91 bits per heavy atom. The number of morpholine rings is 1. The largest absolute Gasteiger partial charge is 0.423 e. The van der Waals surface area contributed by atoms with E-state index in [2.05, 4.69) is 20.7 Å². The molecule has 0 radical (unpaired) electrons. The quantitative estimate of drug-likeness (QED) is 0.435. The summed E-state index contributed by atoms with van der Waals surface area (Å²) in [5.41, 5.74) is 7.82. The lowest BCUT2D eigenvalue weighted by atomic mass is 10.0. The minimum atomic E-state index is -0.446. The fourth-order valence-electron chi connectivity index (χ4n) is 3.76. The molecule has 2 aromatic heterocycles. The van der Waals surface area contributed by atoms with Gasteiger partial charge in [0.05, 0.1) is 18.9 Å². The number of benzene rings is 1. The van der Waals surface area contributed by atoms with Crippen LogP contribution in [0, 0.1) is 20.8 Å². The van der Waals surface area contributed by atoms with Gasteiger partial charge in [-0.15, -0.1) is 0 Å². The van der Waals surface area contributed by atoms with E-state index in [-0.39, 0.29) is 12.8 Å². The van der Waals surface area contributed by atoms with Crippen LogP contribution in [-0.4, -0.2) is 43.1 Å². The van der Waals surface area contributed by atoms with E-state index in [4.69, 9.17) is 9.15 Å². The van der Waals surface area contributed by atoms with E-state index in [0.29, 0.717) is 34.9 Å². The SMILES string of the molecule is Cc1ccc2c(C)c(CCC(=O)NNC(=O)c3sc(N4CCOCC4)nc3C)c(=O)oc2c1. The number of carbonyl (C=O) groups excluding carboxylic acids is 2. The molecule has 33 heavy (non-hydrogen) atoms. The molecule has 174 valence electrons. The van der Waals surface area contributed by atoms with Crippen LogP contribution in [0.5, 0.6) is 0 Å². The number of ether oxygens (including phenoxy) is 1. The molecular weight excluding hydrogens is 444 g/mol. The van der Waals surface area contributed by atoms with Gasteiger partial charge in [-0.05, 0) is 44.4 Å². The van der Waals surface area contributed by atoms with Crippen molar-refractivity contribution >= 4 is 39.3 Å². The van der Waals surface area contributed by atoms with E-state index in [9.17, 15) is 14.4 Å². The number of nitrogens with one attached hydrogen (secondary N) is 2. The summed E-state index contributed by atoms with van der Waals surface area (Å²) in [5, 5.41) is 1.61. The molecule has 1 aliphatic rings. The van der Waals surface area contributed by atoms with Crippen molar-refractivity contribution in [2.45, 2.75) is 33.6 Å². The van der Waals surface area contributed by atoms with Gasteiger partial charge < -0.3 is 14.1 Å². The van der Waals surface area contributed by atoms with E-state index >= 15 is 0 Å². The number of nitrogens with zero attached hydrogens (tertiary/aromatic N) is 2. The molecule has 3 heterocycles. The monoisotopic (exact) mass is 470 g/mol. The lowest BCUT2D eigenvalue weighted by molar-refractivity contribution is -0.121. The maximum Gasteiger partial charge on any atom is 0.339 e. The van der Waals surface area contributed by atoms with Crippen LogP contribution in [0.15, 0.2) is 27.4 Å². The van der Waals surface area contributed by atoms with Crippen molar-refractivity contribution in [2.24, 2.45) is 0 Å². The van der Waals surface area contributed by atoms with Crippen molar-refractivity contribution in [1.82, 2.24) is 15.8 Å². The molecule has 10 heteroatoms. The number of anilines is 1. The number of hydrogen-bond acceptors (Lipinski definition) is 8. The van der Waals surface area contributed by atoms with Gasteiger partial charge in [-0.3, -0.25) is 20.4 Å². The summed E-state index contributed by atoms with van der Waals surface area (Å²) >= 11 is 1.28. The van der Waals surface area contributed by atoms with Gasteiger partial charge in [0.1, 0.15) is 10.5 Å². The Morgan fingerprint density at radius 1 is 1.15 bits per heavy atom. The van der Waals surface area contributed by atoms with Crippen LogP contribution in [0.2, 0.25) is 0 Å². The van der Waals surface area contributed by atoms with Gasteiger partial charge in [-0.25, -0.2) is 9.78 Å². The van der Waals surface area contributed by atoms with Crippen molar-refractivity contribution < 1.29 is 18.7 Å². The zero-order valence-electron chi connectivity index (χ0n) is 18.8.